The molecule has 1 rings (SSSR count). The molecule has 1 heterocycles. The highest BCUT2D eigenvalue weighted by Gasteiger charge is 2.02. The van der Waals surface area contributed by atoms with Gasteiger partial charge in [-0.1, -0.05) is 0 Å². The smallest absolute Gasteiger partial charge is 0.103 e. The van der Waals surface area contributed by atoms with Gasteiger partial charge in [0.1, 0.15) is 5.69 Å². The van der Waals surface area contributed by atoms with Gasteiger partial charge in [0.15, 0.2) is 0 Å². The van der Waals surface area contributed by atoms with Gasteiger partial charge in [0.2, 0.25) is 0 Å². The first-order valence-electron chi connectivity index (χ1n) is 4.33. The van der Waals surface area contributed by atoms with Gasteiger partial charge in [-0.3, -0.25) is 9.98 Å². The van der Waals surface area contributed by atoms with Crippen molar-refractivity contribution in [3.63, 3.8) is 0 Å². The molecule has 15 heavy (non-hydrogen) atoms. The van der Waals surface area contributed by atoms with E-state index in [1.54, 1.807) is 25.5 Å². The van der Waals surface area contributed by atoms with Crippen LogP contribution in [0.2, 0.25) is 0 Å². The number of nitrogens with zero attached hydrogens (tertiary/aromatic N) is 2. The van der Waals surface area contributed by atoms with E-state index in [1.807, 2.05) is 0 Å². The lowest BCUT2D eigenvalue weighted by molar-refractivity contribution is 1.28. The molecule has 0 aliphatic carbocycles. The molecule has 5 nitrogen and oxygen atoms in total. The first-order chi connectivity index (χ1) is 7.22. The number of nitrogens with two attached hydrogens (primary N) is 2. The topological polar surface area (TPSA) is 101 Å². The van der Waals surface area contributed by atoms with Gasteiger partial charge < -0.3 is 16.9 Å². The highest BCUT2D eigenvalue weighted by atomic mass is 14.7. The maximum Gasteiger partial charge on any atom is 0.103 e. The lowest BCUT2D eigenvalue weighted by atomic mass is 10.1. The number of allylic oxidation sites excluding steroid dienone is 1. The normalized spacial score (nSPS) is 11.9. The summed E-state index contributed by atoms with van der Waals surface area (Å²) in [6.45, 7) is 0. The summed E-state index contributed by atoms with van der Waals surface area (Å²) < 4.78 is 0. The van der Waals surface area contributed by atoms with Crippen LogP contribution in [-0.2, 0) is 0 Å². The Hall–Kier alpha value is -2.17. The summed E-state index contributed by atoms with van der Waals surface area (Å²) in [4.78, 5) is 7.89. The van der Waals surface area contributed by atoms with E-state index in [4.69, 9.17) is 16.9 Å². The third-order valence-corrected chi connectivity index (χ3v) is 1.87. The Labute approximate surface area is 88.0 Å². The molecule has 0 aliphatic heterocycles. The van der Waals surface area contributed by atoms with Crippen molar-refractivity contribution in [1.82, 2.24) is 4.98 Å². The standard InChI is InChI=1S/C10H13N5/c1-14-5-8(3-11)7-2-9(13)10(4-12)15-6-7/h2-6,12H,11,13H2,1H3. The van der Waals surface area contributed by atoms with Crippen molar-refractivity contribution >= 4 is 23.7 Å². The lowest BCUT2D eigenvalue weighted by Gasteiger charge is -2.03. The van der Waals surface area contributed by atoms with Gasteiger partial charge in [-0.15, -0.1) is 0 Å². The SMILES string of the molecule is CN=CC(=CN)c1cnc(C=N)c(N)c1. The zero-order valence-electron chi connectivity index (χ0n) is 8.44. The van der Waals surface area contributed by atoms with Crippen LogP contribution in [0.15, 0.2) is 23.5 Å². The van der Waals surface area contributed by atoms with Crippen molar-refractivity contribution in [3.05, 3.63) is 29.7 Å². The molecule has 0 saturated carbocycles. The van der Waals surface area contributed by atoms with Crippen molar-refractivity contribution in [3.8, 4) is 0 Å². The molecular weight excluding hydrogens is 190 g/mol. The molecule has 0 atom stereocenters. The van der Waals surface area contributed by atoms with E-state index in [2.05, 4.69) is 9.98 Å². The Morgan fingerprint density at radius 2 is 2.33 bits per heavy atom. The fraction of sp³-hybridized carbons (Fsp3) is 0.100. The summed E-state index contributed by atoms with van der Waals surface area (Å²) in [6.07, 6.45) is 5.78. The van der Waals surface area contributed by atoms with Crippen molar-refractivity contribution in [2.45, 2.75) is 0 Å². The molecule has 0 unspecified atom stereocenters. The Morgan fingerprint density at radius 3 is 2.80 bits per heavy atom. The fourth-order valence-corrected chi connectivity index (χ4v) is 1.12. The minimum Gasteiger partial charge on any atom is -0.404 e. The Kier molecular flexibility index (Phi) is 3.56. The number of hydrogen-bond acceptors (Lipinski definition) is 5. The quantitative estimate of drug-likeness (QED) is 0.629. The largest absolute Gasteiger partial charge is 0.404 e. The molecule has 5 heteroatoms. The monoisotopic (exact) mass is 203 g/mol. The Balaban J connectivity index is 3.17. The first kappa shape index (κ1) is 10.9. The number of nitrogen functional groups attached to an aromatic ring is 1. The summed E-state index contributed by atoms with van der Waals surface area (Å²) in [5.74, 6) is 0. The van der Waals surface area contributed by atoms with Crippen molar-refractivity contribution in [1.29, 1.82) is 5.41 Å². The average Bonchev–Trinajstić information content (AvgIpc) is 2.25. The Morgan fingerprint density at radius 1 is 1.60 bits per heavy atom. The second kappa shape index (κ2) is 4.90. The highest BCUT2D eigenvalue weighted by Crippen LogP contribution is 2.15. The van der Waals surface area contributed by atoms with Gasteiger partial charge in [0, 0.05) is 43.0 Å². The van der Waals surface area contributed by atoms with Gasteiger partial charge >= 0.3 is 0 Å². The molecule has 0 aliphatic rings. The third-order valence-electron chi connectivity index (χ3n) is 1.87. The van der Waals surface area contributed by atoms with Crippen LogP contribution in [0.4, 0.5) is 5.69 Å². The van der Waals surface area contributed by atoms with E-state index >= 15 is 0 Å². The highest BCUT2D eigenvalue weighted by molar-refractivity contribution is 6.09. The molecule has 0 fully saturated rings. The van der Waals surface area contributed by atoms with Gasteiger partial charge in [0.05, 0.1) is 5.69 Å². The second-order valence-corrected chi connectivity index (χ2v) is 2.85. The van der Waals surface area contributed by atoms with Crippen LogP contribution in [0.25, 0.3) is 5.57 Å². The molecule has 5 N–H and O–H groups in total. The number of nitrogens with one attached hydrogen (secondary N) is 1. The minimum absolute atomic E-state index is 0.448. The number of pyridine rings is 1. The molecule has 1 aromatic rings. The summed E-state index contributed by atoms with van der Waals surface area (Å²) in [6, 6.07) is 1.72. The van der Waals surface area contributed by atoms with E-state index in [0.29, 0.717) is 11.4 Å². The number of rotatable bonds is 3. The second-order valence-electron chi connectivity index (χ2n) is 2.85. The maximum atomic E-state index is 7.06. The van der Waals surface area contributed by atoms with Crippen LogP contribution < -0.4 is 11.5 Å². The van der Waals surface area contributed by atoms with E-state index in [9.17, 15) is 0 Å². The van der Waals surface area contributed by atoms with Crippen molar-refractivity contribution in [2.24, 2.45) is 10.7 Å². The third kappa shape index (κ3) is 2.40. The van der Waals surface area contributed by atoms with Crippen LogP contribution in [-0.4, -0.2) is 24.5 Å². The fourth-order valence-electron chi connectivity index (χ4n) is 1.12. The van der Waals surface area contributed by atoms with Gasteiger partial charge in [-0.05, 0) is 6.07 Å². The Bertz CT molecular complexity index is 420. The minimum atomic E-state index is 0.448. The molecular formula is C10H13N5. The maximum absolute atomic E-state index is 7.06. The van der Waals surface area contributed by atoms with E-state index in [0.717, 1.165) is 17.4 Å². The van der Waals surface area contributed by atoms with Gasteiger partial charge in [-0.25, -0.2) is 0 Å². The predicted octanol–water partition coefficient (Wildman–Crippen LogP) is 0.662. The first-order valence-corrected chi connectivity index (χ1v) is 4.33. The number of anilines is 1. The van der Waals surface area contributed by atoms with Gasteiger partial charge in [0.25, 0.3) is 0 Å². The summed E-state index contributed by atoms with van der Waals surface area (Å²) >= 11 is 0. The van der Waals surface area contributed by atoms with Crippen molar-refractivity contribution in [2.75, 3.05) is 12.8 Å². The van der Waals surface area contributed by atoms with E-state index in [1.165, 1.54) is 6.20 Å². The molecule has 0 aromatic carbocycles. The van der Waals surface area contributed by atoms with E-state index < -0.39 is 0 Å². The van der Waals surface area contributed by atoms with Crippen LogP contribution >= 0.6 is 0 Å². The van der Waals surface area contributed by atoms with Crippen LogP contribution in [0.3, 0.4) is 0 Å². The molecule has 78 valence electrons. The van der Waals surface area contributed by atoms with Crippen LogP contribution in [0.5, 0.6) is 0 Å². The number of aliphatic imine (C=N–C) groups is 1. The average molecular weight is 203 g/mol. The molecule has 0 spiro atoms. The van der Waals surface area contributed by atoms with Crippen LogP contribution in [0, 0.1) is 5.41 Å². The summed E-state index contributed by atoms with van der Waals surface area (Å²) in [7, 11) is 1.66. The molecule has 0 bridgehead atoms. The zero-order chi connectivity index (χ0) is 11.3. The summed E-state index contributed by atoms with van der Waals surface area (Å²) in [5.41, 5.74) is 13.6. The van der Waals surface area contributed by atoms with Crippen molar-refractivity contribution < 1.29 is 0 Å². The number of hydrogen-bond donors (Lipinski definition) is 3. The lowest BCUT2D eigenvalue weighted by Crippen LogP contribution is -2.00. The van der Waals surface area contributed by atoms with Crippen LogP contribution in [0.1, 0.15) is 11.3 Å². The summed E-state index contributed by atoms with van der Waals surface area (Å²) in [5, 5.41) is 7.06. The molecule has 0 amide bonds. The molecule has 0 saturated heterocycles. The molecule has 1 aromatic heterocycles. The predicted molar refractivity (Wildman–Crippen MR) is 63.1 cm³/mol. The zero-order valence-corrected chi connectivity index (χ0v) is 8.44. The van der Waals surface area contributed by atoms with Gasteiger partial charge in [-0.2, -0.15) is 0 Å². The number of aromatic nitrogens is 1. The van der Waals surface area contributed by atoms with E-state index in [-0.39, 0.29) is 0 Å². The molecule has 0 radical (unpaired) electrons.